The first kappa shape index (κ1) is 19.2. The minimum absolute atomic E-state index is 0.281. The fourth-order valence-electron chi connectivity index (χ4n) is 3.98. The Bertz CT molecular complexity index is 1450. The predicted molar refractivity (Wildman–Crippen MR) is 117 cm³/mol. The average Bonchev–Trinajstić information content (AvgIpc) is 3.55. The molecule has 0 aliphatic carbocycles. The Morgan fingerprint density at radius 3 is 2.70 bits per heavy atom. The Balaban J connectivity index is 1.50. The topological polar surface area (TPSA) is 106 Å². The maximum Gasteiger partial charge on any atom is 0.223 e. The molecule has 10 nitrogen and oxygen atoms in total. The van der Waals surface area contributed by atoms with Gasteiger partial charge in [0.15, 0.2) is 0 Å². The molecule has 1 aliphatic rings. The van der Waals surface area contributed by atoms with Crippen LogP contribution in [-0.2, 0) is 13.0 Å². The summed E-state index contributed by atoms with van der Waals surface area (Å²) in [5.41, 5.74) is 4.90. The molecule has 3 aromatic heterocycles. The van der Waals surface area contributed by atoms with Gasteiger partial charge in [0.25, 0.3) is 0 Å². The van der Waals surface area contributed by atoms with Gasteiger partial charge in [0.05, 0.1) is 29.9 Å². The van der Waals surface area contributed by atoms with Gasteiger partial charge in [-0.25, -0.2) is 9.67 Å². The van der Waals surface area contributed by atoms with E-state index < -0.39 is 0 Å². The highest BCUT2D eigenvalue weighted by Gasteiger charge is 2.28. The molecule has 0 bridgehead atoms. The fraction of sp³-hybridized carbons (Fsp3) is 0.174. The molecule has 0 fully saturated rings. The predicted octanol–water partition coefficient (Wildman–Crippen LogP) is 3.30. The molecular weight excluding hydrogens is 422 g/mol. The SMILES string of the molecule is COc1ccc2c(c1)-n1nnc(COc3ccccc3)c1Cc1c(-c3noc(C)n3)ncn1-2. The van der Waals surface area contributed by atoms with Gasteiger partial charge >= 0.3 is 0 Å². The molecule has 6 rings (SSSR count). The number of aryl methyl sites for hydroxylation is 1. The lowest BCUT2D eigenvalue weighted by Gasteiger charge is -2.11. The molecule has 0 N–H and O–H groups in total. The van der Waals surface area contributed by atoms with Crippen LogP contribution in [0.4, 0.5) is 0 Å². The minimum atomic E-state index is 0.281. The number of benzene rings is 2. The van der Waals surface area contributed by atoms with Crippen molar-refractivity contribution in [2.45, 2.75) is 20.0 Å². The van der Waals surface area contributed by atoms with Crippen LogP contribution >= 0.6 is 0 Å². The van der Waals surface area contributed by atoms with Crippen LogP contribution in [0.5, 0.6) is 11.5 Å². The van der Waals surface area contributed by atoms with Gasteiger partial charge in [0, 0.05) is 19.4 Å². The number of hydrogen-bond acceptors (Lipinski definition) is 8. The third-order valence-electron chi connectivity index (χ3n) is 5.57. The summed E-state index contributed by atoms with van der Waals surface area (Å²) in [6.07, 6.45) is 2.27. The van der Waals surface area contributed by atoms with Gasteiger partial charge in [-0.05, 0) is 24.3 Å². The van der Waals surface area contributed by atoms with E-state index >= 15 is 0 Å². The average molecular weight is 441 g/mol. The lowest BCUT2D eigenvalue weighted by atomic mass is 10.1. The highest BCUT2D eigenvalue weighted by atomic mass is 16.5. The Morgan fingerprint density at radius 1 is 1.03 bits per heavy atom. The number of methoxy groups -OCH3 is 1. The number of hydrogen-bond donors (Lipinski definition) is 0. The van der Waals surface area contributed by atoms with E-state index in [2.05, 4.69) is 25.4 Å². The van der Waals surface area contributed by atoms with Crippen LogP contribution in [-0.4, -0.2) is 41.8 Å². The van der Waals surface area contributed by atoms with E-state index in [0.29, 0.717) is 23.8 Å². The summed E-state index contributed by atoms with van der Waals surface area (Å²) in [7, 11) is 1.64. The fourth-order valence-corrected chi connectivity index (χ4v) is 3.98. The number of fused-ring (bicyclic) bond motifs is 5. The van der Waals surface area contributed by atoms with E-state index in [1.165, 1.54) is 0 Å². The second-order valence-electron chi connectivity index (χ2n) is 7.57. The van der Waals surface area contributed by atoms with Crippen molar-refractivity contribution in [1.82, 2.24) is 34.7 Å². The zero-order chi connectivity index (χ0) is 22.4. The lowest BCUT2D eigenvalue weighted by molar-refractivity contribution is 0.300. The molecule has 164 valence electrons. The monoisotopic (exact) mass is 441 g/mol. The molecule has 33 heavy (non-hydrogen) atoms. The molecule has 2 aromatic carbocycles. The summed E-state index contributed by atoms with van der Waals surface area (Å²) >= 11 is 0. The highest BCUT2D eigenvalue weighted by Crippen LogP contribution is 2.34. The Kier molecular flexibility index (Phi) is 4.42. The first-order valence-electron chi connectivity index (χ1n) is 10.4. The van der Waals surface area contributed by atoms with E-state index in [1.54, 1.807) is 20.4 Å². The van der Waals surface area contributed by atoms with Gasteiger partial charge in [-0.3, -0.25) is 4.57 Å². The molecule has 0 amide bonds. The summed E-state index contributed by atoms with van der Waals surface area (Å²) < 4.78 is 20.5. The van der Waals surface area contributed by atoms with E-state index in [-0.39, 0.29) is 6.61 Å². The molecule has 0 atom stereocenters. The van der Waals surface area contributed by atoms with E-state index in [0.717, 1.165) is 40.0 Å². The van der Waals surface area contributed by atoms with Gasteiger partial charge in [0.2, 0.25) is 11.7 Å². The molecule has 10 heteroatoms. The zero-order valence-electron chi connectivity index (χ0n) is 18.0. The first-order chi connectivity index (χ1) is 16.2. The number of rotatable bonds is 5. The lowest BCUT2D eigenvalue weighted by Crippen LogP contribution is -2.06. The largest absolute Gasteiger partial charge is 0.497 e. The van der Waals surface area contributed by atoms with Gasteiger partial charge in [-0.2, -0.15) is 4.98 Å². The van der Waals surface area contributed by atoms with Crippen molar-refractivity contribution < 1.29 is 14.0 Å². The zero-order valence-corrected chi connectivity index (χ0v) is 18.0. The van der Waals surface area contributed by atoms with Crippen molar-refractivity contribution >= 4 is 0 Å². The molecule has 0 saturated carbocycles. The number of ether oxygens (including phenoxy) is 2. The Hall–Kier alpha value is -4.47. The van der Waals surface area contributed by atoms with E-state index in [1.807, 2.05) is 57.8 Å². The maximum absolute atomic E-state index is 5.98. The summed E-state index contributed by atoms with van der Waals surface area (Å²) in [5.74, 6) is 2.41. The van der Waals surface area contributed by atoms with E-state index in [4.69, 9.17) is 14.0 Å². The third kappa shape index (κ3) is 3.23. The van der Waals surface area contributed by atoms with Crippen molar-refractivity contribution in [2.24, 2.45) is 0 Å². The summed E-state index contributed by atoms with van der Waals surface area (Å²) in [6.45, 7) is 2.04. The van der Waals surface area contributed by atoms with Crippen molar-refractivity contribution in [3.05, 3.63) is 77.8 Å². The summed E-state index contributed by atoms with van der Waals surface area (Å²) in [5, 5.41) is 13.0. The standard InChI is InChI=1S/C23H19N7O3/c1-14-25-23(27-33-14)22-21-11-19-17(12-32-15-6-4-3-5-7-15)26-28-30(19)20-10-16(31-2)8-9-18(20)29(21)13-24-22/h3-10,13H,11-12H2,1-2H3. The second-order valence-corrected chi connectivity index (χ2v) is 7.57. The minimum Gasteiger partial charge on any atom is -0.497 e. The highest BCUT2D eigenvalue weighted by molar-refractivity contribution is 5.63. The summed E-state index contributed by atoms with van der Waals surface area (Å²) in [6, 6.07) is 15.4. The van der Waals surface area contributed by atoms with Crippen LogP contribution in [0.1, 0.15) is 23.0 Å². The molecule has 5 aromatic rings. The van der Waals surface area contributed by atoms with Crippen molar-refractivity contribution in [3.8, 4) is 34.4 Å². The maximum atomic E-state index is 5.98. The van der Waals surface area contributed by atoms with Crippen LogP contribution in [0.25, 0.3) is 22.9 Å². The van der Waals surface area contributed by atoms with E-state index in [9.17, 15) is 0 Å². The van der Waals surface area contributed by atoms with Crippen LogP contribution in [0, 0.1) is 6.92 Å². The van der Waals surface area contributed by atoms with Crippen LogP contribution in [0.2, 0.25) is 0 Å². The second kappa shape index (κ2) is 7.59. The Morgan fingerprint density at radius 2 is 1.91 bits per heavy atom. The molecule has 4 heterocycles. The van der Waals surface area contributed by atoms with Crippen LogP contribution in [0.15, 0.2) is 59.4 Å². The van der Waals surface area contributed by atoms with Crippen LogP contribution < -0.4 is 9.47 Å². The number of nitrogens with zero attached hydrogens (tertiary/aromatic N) is 7. The number of imidazole rings is 1. The normalized spacial score (nSPS) is 11.9. The molecule has 0 spiro atoms. The molecule has 1 aliphatic heterocycles. The van der Waals surface area contributed by atoms with Crippen molar-refractivity contribution in [3.63, 3.8) is 0 Å². The number of para-hydroxylation sites is 1. The Labute approximate surface area is 188 Å². The quantitative estimate of drug-likeness (QED) is 0.401. The number of aromatic nitrogens is 7. The smallest absolute Gasteiger partial charge is 0.223 e. The molecule has 0 saturated heterocycles. The first-order valence-corrected chi connectivity index (χ1v) is 10.4. The van der Waals surface area contributed by atoms with Gasteiger partial charge in [-0.1, -0.05) is 28.6 Å². The van der Waals surface area contributed by atoms with Crippen molar-refractivity contribution in [1.29, 1.82) is 0 Å². The van der Waals surface area contributed by atoms with Gasteiger partial charge in [-0.15, -0.1) is 5.10 Å². The third-order valence-corrected chi connectivity index (χ3v) is 5.57. The van der Waals surface area contributed by atoms with Gasteiger partial charge < -0.3 is 14.0 Å². The van der Waals surface area contributed by atoms with Gasteiger partial charge in [0.1, 0.15) is 35.8 Å². The summed E-state index contributed by atoms with van der Waals surface area (Å²) in [4.78, 5) is 8.99. The molecule has 0 radical (unpaired) electrons. The molecule has 0 unspecified atom stereocenters. The van der Waals surface area contributed by atoms with Crippen LogP contribution in [0.3, 0.4) is 0 Å². The van der Waals surface area contributed by atoms with Crippen molar-refractivity contribution in [2.75, 3.05) is 7.11 Å². The molecular formula is C23H19N7O3.